The topological polar surface area (TPSA) is 237 Å². The molecule has 0 fully saturated rings. The van der Waals surface area contributed by atoms with E-state index in [0.717, 1.165) is 114 Å². The molecule has 96 heavy (non-hydrogen) atoms. The maximum atomic E-state index is 13.1. The van der Waals surface area contributed by atoms with Gasteiger partial charge >= 0.3 is 39.5 Å². The van der Waals surface area contributed by atoms with E-state index in [-0.39, 0.29) is 25.7 Å². The normalized spacial score (nSPS) is 14.3. The monoisotopic (exact) mass is 1410 g/mol. The van der Waals surface area contributed by atoms with Gasteiger partial charge in [0.05, 0.1) is 26.4 Å². The fraction of sp³-hybridized carbons (Fsp3) is 0.948. The van der Waals surface area contributed by atoms with Gasteiger partial charge in [0, 0.05) is 25.7 Å². The number of carbonyl (C=O) groups is 4. The van der Waals surface area contributed by atoms with Gasteiger partial charge in [0.1, 0.15) is 19.3 Å². The molecule has 0 amide bonds. The van der Waals surface area contributed by atoms with Crippen molar-refractivity contribution in [2.45, 2.75) is 414 Å². The molecule has 0 aromatic heterocycles. The van der Waals surface area contributed by atoms with Crippen LogP contribution in [0, 0.1) is 17.8 Å². The maximum Gasteiger partial charge on any atom is 0.472 e. The molecule has 3 unspecified atom stereocenters. The van der Waals surface area contributed by atoms with Crippen LogP contribution in [0.15, 0.2) is 0 Å². The molecule has 0 bridgehead atoms. The SMILES string of the molecule is CCCCCCCCCCCCCCCCCCCCCC(=O)O[C@H](COC(=O)CCCCCCCCCCCCCC(C)C)COP(=O)(O)OC[C@@H](O)COP(=O)(O)OC[C@@H](COC(=O)CCCCCCCCC(C)CC)OC(=O)CCCCCCCCCCCCC(C)C. The summed E-state index contributed by atoms with van der Waals surface area (Å²) >= 11 is 0. The lowest BCUT2D eigenvalue weighted by molar-refractivity contribution is -0.161. The molecule has 0 spiro atoms. The number of ether oxygens (including phenoxy) is 4. The van der Waals surface area contributed by atoms with Gasteiger partial charge in [0.25, 0.3) is 0 Å². The number of hydrogen-bond acceptors (Lipinski definition) is 15. The molecule has 6 atom stereocenters. The molecule has 570 valence electrons. The third-order valence-corrected chi connectivity index (χ3v) is 20.1. The Balaban J connectivity index is 5.24. The molecule has 0 aromatic carbocycles. The van der Waals surface area contributed by atoms with Crippen molar-refractivity contribution in [1.82, 2.24) is 0 Å². The van der Waals surface area contributed by atoms with Gasteiger partial charge in [-0.15, -0.1) is 0 Å². The smallest absolute Gasteiger partial charge is 0.462 e. The third-order valence-electron chi connectivity index (χ3n) is 18.2. The van der Waals surface area contributed by atoms with Crippen LogP contribution in [0.4, 0.5) is 0 Å². The highest BCUT2D eigenvalue weighted by Gasteiger charge is 2.30. The highest BCUT2D eigenvalue weighted by molar-refractivity contribution is 7.47. The minimum absolute atomic E-state index is 0.105. The number of carbonyl (C=O) groups excluding carboxylic acids is 4. The summed E-state index contributed by atoms with van der Waals surface area (Å²) in [6.45, 7) is 11.9. The molecule has 0 aliphatic carbocycles. The summed E-state index contributed by atoms with van der Waals surface area (Å²) in [6, 6.07) is 0. The van der Waals surface area contributed by atoms with E-state index in [4.69, 9.17) is 37.0 Å². The van der Waals surface area contributed by atoms with Crippen molar-refractivity contribution in [1.29, 1.82) is 0 Å². The van der Waals surface area contributed by atoms with Crippen LogP contribution in [0.3, 0.4) is 0 Å². The van der Waals surface area contributed by atoms with Gasteiger partial charge < -0.3 is 33.8 Å². The van der Waals surface area contributed by atoms with E-state index in [1.54, 1.807) is 0 Å². The van der Waals surface area contributed by atoms with E-state index in [9.17, 15) is 43.2 Å². The van der Waals surface area contributed by atoms with Gasteiger partial charge in [0.2, 0.25) is 0 Å². The molecule has 0 aliphatic rings. The zero-order chi connectivity index (χ0) is 70.9. The van der Waals surface area contributed by atoms with E-state index in [0.29, 0.717) is 25.7 Å². The largest absolute Gasteiger partial charge is 0.472 e. The standard InChI is InChI=1S/C77H150O17P2/c1-8-10-11-12-13-14-15-16-17-18-19-20-21-22-25-32-37-46-53-60-76(81)93-72(64-87-74(79)58-51-44-36-31-26-23-24-29-34-41-48-55-68(3)4)66-91-95(83,84)89-62-71(78)63-90-96(85,86)92-67-73(65-88-75(80)59-52-45-40-39-43-50-57-70(7)9-2)94-77(82)61-54-47-38-33-28-27-30-35-42-49-56-69(5)6/h68-73,78H,8-67H2,1-7H3,(H,83,84)(H,85,86)/t70?,71-,72-,73-/m1/s1. The summed E-state index contributed by atoms with van der Waals surface area (Å²) in [6.07, 6.45) is 54.2. The minimum atomic E-state index is -4.96. The number of esters is 4. The Morgan fingerprint density at radius 1 is 0.302 bits per heavy atom. The number of unbranched alkanes of at least 4 members (excludes halogenated alkanes) is 42. The third kappa shape index (κ3) is 69.2. The molecule has 3 N–H and O–H groups in total. The van der Waals surface area contributed by atoms with Crippen LogP contribution in [0.1, 0.15) is 395 Å². The Labute approximate surface area is 588 Å². The van der Waals surface area contributed by atoms with E-state index in [2.05, 4.69) is 48.5 Å². The predicted molar refractivity (Wildman–Crippen MR) is 391 cm³/mol. The van der Waals surface area contributed by atoms with Gasteiger partial charge in [-0.1, -0.05) is 344 Å². The second kappa shape index (κ2) is 67.5. The Bertz CT molecular complexity index is 1870. The molecule has 0 aromatic rings. The Hall–Kier alpha value is -1.94. The first-order chi connectivity index (χ1) is 46.3. The first kappa shape index (κ1) is 94.1. The van der Waals surface area contributed by atoms with Crippen LogP contribution in [-0.4, -0.2) is 96.7 Å². The molecular formula is C77H150O17P2. The zero-order valence-corrected chi connectivity index (χ0v) is 64.6. The second-order valence-corrected chi connectivity index (χ2v) is 31.8. The second-order valence-electron chi connectivity index (χ2n) is 28.9. The lowest BCUT2D eigenvalue weighted by Crippen LogP contribution is -2.30. The van der Waals surface area contributed by atoms with Crippen molar-refractivity contribution in [3.05, 3.63) is 0 Å². The van der Waals surface area contributed by atoms with E-state index in [1.165, 1.54) is 199 Å². The molecule has 0 saturated heterocycles. The summed E-state index contributed by atoms with van der Waals surface area (Å²) in [5, 5.41) is 10.6. The highest BCUT2D eigenvalue weighted by atomic mass is 31.2. The van der Waals surface area contributed by atoms with Gasteiger partial charge in [-0.3, -0.25) is 37.3 Å². The molecular weight excluding hydrogens is 1260 g/mol. The molecule has 17 nitrogen and oxygen atoms in total. The summed E-state index contributed by atoms with van der Waals surface area (Å²) < 4.78 is 68.6. The number of phosphoric acid groups is 2. The van der Waals surface area contributed by atoms with Crippen molar-refractivity contribution in [3.8, 4) is 0 Å². The Morgan fingerprint density at radius 3 is 0.792 bits per heavy atom. The van der Waals surface area contributed by atoms with E-state index >= 15 is 0 Å². The molecule has 19 heteroatoms. The van der Waals surface area contributed by atoms with Crippen LogP contribution in [0.25, 0.3) is 0 Å². The van der Waals surface area contributed by atoms with Crippen LogP contribution in [0.5, 0.6) is 0 Å². The van der Waals surface area contributed by atoms with Crippen molar-refractivity contribution in [2.24, 2.45) is 17.8 Å². The van der Waals surface area contributed by atoms with Gasteiger partial charge in [-0.25, -0.2) is 9.13 Å². The van der Waals surface area contributed by atoms with E-state index < -0.39 is 97.5 Å². The quantitative estimate of drug-likeness (QED) is 0.0222. The van der Waals surface area contributed by atoms with Crippen molar-refractivity contribution in [3.63, 3.8) is 0 Å². The minimum Gasteiger partial charge on any atom is -0.462 e. The number of hydrogen-bond donors (Lipinski definition) is 3. The molecule has 0 radical (unpaired) electrons. The average Bonchev–Trinajstić information content (AvgIpc) is 1.15. The van der Waals surface area contributed by atoms with Crippen molar-refractivity contribution < 1.29 is 80.2 Å². The Morgan fingerprint density at radius 2 is 0.531 bits per heavy atom. The molecule has 0 rings (SSSR count). The average molecular weight is 1410 g/mol. The Kier molecular flexibility index (Phi) is 66.2. The number of aliphatic hydroxyl groups excluding tert-OH is 1. The lowest BCUT2D eigenvalue weighted by atomic mass is 10.00. The number of rotatable bonds is 75. The number of phosphoric ester groups is 2. The fourth-order valence-electron chi connectivity index (χ4n) is 11.7. The van der Waals surface area contributed by atoms with Gasteiger partial charge in [-0.2, -0.15) is 0 Å². The summed E-state index contributed by atoms with van der Waals surface area (Å²) in [5.41, 5.74) is 0. The van der Waals surface area contributed by atoms with Crippen LogP contribution in [-0.2, 0) is 65.4 Å². The molecule has 0 saturated carbocycles. The van der Waals surface area contributed by atoms with Gasteiger partial charge in [0.15, 0.2) is 12.2 Å². The summed E-state index contributed by atoms with van der Waals surface area (Å²) in [7, 11) is -9.91. The van der Waals surface area contributed by atoms with Crippen LogP contribution in [0.2, 0.25) is 0 Å². The number of aliphatic hydroxyl groups is 1. The maximum absolute atomic E-state index is 13.1. The lowest BCUT2D eigenvalue weighted by Gasteiger charge is -2.21. The molecule has 0 aliphatic heterocycles. The van der Waals surface area contributed by atoms with Crippen LogP contribution < -0.4 is 0 Å². The first-order valence-corrected chi connectivity index (χ1v) is 42.9. The van der Waals surface area contributed by atoms with Crippen molar-refractivity contribution >= 4 is 39.5 Å². The summed E-state index contributed by atoms with van der Waals surface area (Å²) in [5.74, 6) is 0.136. The zero-order valence-electron chi connectivity index (χ0n) is 62.8. The highest BCUT2D eigenvalue weighted by Crippen LogP contribution is 2.45. The van der Waals surface area contributed by atoms with E-state index in [1.807, 2.05) is 0 Å². The molecule has 0 heterocycles. The predicted octanol–water partition coefficient (Wildman–Crippen LogP) is 22.6. The fourth-order valence-corrected chi connectivity index (χ4v) is 13.3. The van der Waals surface area contributed by atoms with Crippen molar-refractivity contribution in [2.75, 3.05) is 39.6 Å². The van der Waals surface area contributed by atoms with Gasteiger partial charge in [-0.05, 0) is 43.4 Å². The summed E-state index contributed by atoms with van der Waals surface area (Å²) in [4.78, 5) is 72.8. The first-order valence-electron chi connectivity index (χ1n) is 39.9. The van der Waals surface area contributed by atoms with Crippen LogP contribution >= 0.6 is 15.6 Å².